The third-order valence-corrected chi connectivity index (χ3v) is 4.57. The van der Waals surface area contributed by atoms with Crippen LogP contribution in [0.5, 0.6) is 5.75 Å². The summed E-state index contributed by atoms with van der Waals surface area (Å²) < 4.78 is 5.62. The summed E-state index contributed by atoms with van der Waals surface area (Å²) in [5.41, 5.74) is 1.27. The zero-order valence-corrected chi connectivity index (χ0v) is 15.2. The van der Waals surface area contributed by atoms with Crippen molar-refractivity contribution < 1.29 is 9.53 Å². The van der Waals surface area contributed by atoms with Crippen LogP contribution >= 0.6 is 34.5 Å². The lowest BCUT2D eigenvalue weighted by atomic mass is 10.3. The largest absolute Gasteiger partial charge is 0.485 e. The third-order valence-electron chi connectivity index (χ3n) is 3.20. The van der Waals surface area contributed by atoms with Gasteiger partial charge in [0.1, 0.15) is 23.1 Å². The van der Waals surface area contributed by atoms with Gasteiger partial charge in [0, 0.05) is 35.4 Å². The van der Waals surface area contributed by atoms with Crippen molar-refractivity contribution in [3.8, 4) is 5.75 Å². The van der Waals surface area contributed by atoms with E-state index in [9.17, 15) is 4.79 Å². The van der Waals surface area contributed by atoms with Crippen molar-refractivity contribution >= 4 is 40.4 Å². The number of hydrogen-bond donors (Lipinski definition) is 1. The predicted octanol–water partition coefficient (Wildman–Crippen LogP) is 4.35. The molecule has 0 aliphatic rings. The third kappa shape index (κ3) is 4.92. The minimum atomic E-state index is -0.243. The van der Waals surface area contributed by atoms with Crippen LogP contribution in [-0.4, -0.2) is 15.9 Å². The van der Waals surface area contributed by atoms with Crippen molar-refractivity contribution in [3.05, 3.63) is 74.4 Å². The average Bonchev–Trinajstić information content (AvgIpc) is 3.10. The molecule has 2 aromatic heterocycles. The molecule has 0 fully saturated rings. The number of amides is 1. The summed E-state index contributed by atoms with van der Waals surface area (Å²) in [6, 6.07) is 8.70. The first kappa shape index (κ1) is 17.7. The maximum Gasteiger partial charge on any atom is 0.271 e. The van der Waals surface area contributed by atoms with E-state index in [0.717, 1.165) is 5.56 Å². The smallest absolute Gasteiger partial charge is 0.271 e. The molecule has 2 heterocycles. The Morgan fingerprint density at radius 3 is 2.96 bits per heavy atom. The number of hydrogen-bond acceptors (Lipinski definition) is 5. The molecule has 1 aromatic carbocycles. The van der Waals surface area contributed by atoms with Gasteiger partial charge in [-0.15, -0.1) is 11.3 Å². The van der Waals surface area contributed by atoms with Gasteiger partial charge in [-0.25, -0.2) is 4.98 Å². The maximum atomic E-state index is 12.1. The van der Waals surface area contributed by atoms with Crippen LogP contribution in [0.4, 0.5) is 0 Å². The number of nitrogens with one attached hydrogen (secondary N) is 1. The summed E-state index contributed by atoms with van der Waals surface area (Å²) in [6.07, 6.45) is 3.39. The monoisotopic (exact) mass is 393 g/mol. The molecule has 0 unspecified atom stereocenters. The molecule has 1 amide bonds. The lowest BCUT2D eigenvalue weighted by Gasteiger charge is -2.06. The summed E-state index contributed by atoms with van der Waals surface area (Å²) in [5, 5.41) is 6.17. The van der Waals surface area contributed by atoms with E-state index in [0.29, 0.717) is 33.0 Å². The number of nitrogens with zero attached hydrogens (tertiary/aromatic N) is 2. The molecule has 0 spiro atoms. The van der Waals surface area contributed by atoms with Crippen LogP contribution in [0, 0.1) is 0 Å². The molecule has 0 atom stereocenters. The highest BCUT2D eigenvalue weighted by molar-refractivity contribution is 7.09. The Bertz CT molecular complexity index is 871. The Hall–Kier alpha value is -2.15. The first-order valence-electron chi connectivity index (χ1n) is 7.31. The first-order valence-corrected chi connectivity index (χ1v) is 8.95. The normalized spacial score (nSPS) is 10.5. The molecule has 0 aliphatic carbocycles. The van der Waals surface area contributed by atoms with Crippen LogP contribution in [0.15, 0.2) is 48.1 Å². The topological polar surface area (TPSA) is 64.1 Å². The Balaban J connectivity index is 1.56. The Kier molecular flexibility index (Phi) is 5.86. The second-order valence-electron chi connectivity index (χ2n) is 5.03. The van der Waals surface area contributed by atoms with E-state index in [1.807, 2.05) is 12.1 Å². The molecule has 8 heteroatoms. The average molecular weight is 394 g/mol. The highest BCUT2D eigenvalue weighted by atomic mass is 35.5. The van der Waals surface area contributed by atoms with Gasteiger partial charge in [0.25, 0.3) is 5.91 Å². The zero-order chi connectivity index (χ0) is 17.6. The van der Waals surface area contributed by atoms with Crippen molar-refractivity contribution in [1.29, 1.82) is 0 Å². The van der Waals surface area contributed by atoms with Gasteiger partial charge in [-0.05, 0) is 23.8 Å². The van der Waals surface area contributed by atoms with Gasteiger partial charge in [0.05, 0.1) is 5.02 Å². The maximum absolute atomic E-state index is 12.1. The molecule has 3 aromatic rings. The second-order valence-corrected chi connectivity index (χ2v) is 6.82. The van der Waals surface area contributed by atoms with Gasteiger partial charge in [0.15, 0.2) is 0 Å². The molecule has 0 saturated heterocycles. The SMILES string of the molecule is O=C(NCc1cccnc1)c1csc(COc2cc(Cl)ccc2Cl)n1. The molecular formula is C17H13Cl2N3O2S. The minimum absolute atomic E-state index is 0.209. The van der Waals surface area contributed by atoms with Crippen LogP contribution < -0.4 is 10.1 Å². The van der Waals surface area contributed by atoms with Gasteiger partial charge < -0.3 is 10.1 Å². The van der Waals surface area contributed by atoms with Crippen molar-refractivity contribution in [2.45, 2.75) is 13.2 Å². The highest BCUT2D eigenvalue weighted by Crippen LogP contribution is 2.28. The summed E-state index contributed by atoms with van der Waals surface area (Å²) >= 11 is 13.3. The molecule has 0 radical (unpaired) electrons. The molecule has 1 N–H and O–H groups in total. The van der Waals surface area contributed by atoms with Gasteiger partial charge in [0.2, 0.25) is 0 Å². The number of carbonyl (C=O) groups is 1. The van der Waals surface area contributed by atoms with Crippen molar-refractivity contribution in [3.63, 3.8) is 0 Å². The number of ether oxygens (including phenoxy) is 1. The quantitative estimate of drug-likeness (QED) is 0.675. The van der Waals surface area contributed by atoms with Crippen LogP contribution in [0.1, 0.15) is 21.1 Å². The minimum Gasteiger partial charge on any atom is -0.485 e. The molecule has 0 saturated carbocycles. The summed E-state index contributed by atoms with van der Waals surface area (Å²) in [6.45, 7) is 0.606. The summed E-state index contributed by atoms with van der Waals surface area (Å²) in [5.74, 6) is 0.235. The fourth-order valence-electron chi connectivity index (χ4n) is 1.98. The van der Waals surface area contributed by atoms with Gasteiger partial charge in [-0.1, -0.05) is 29.3 Å². The van der Waals surface area contributed by atoms with Crippen molar-refractivity contribution in [2.75, 3.05) is 0 Å². The molecule has 5 nitrogen and oxygen atoms in total. The second kappa shape index (κ2) is 8.29. The van der Waals surface area contributed by atoms with E-state index >= 15 is 0 Å². The van der Waals surface area contributed by atoms with E-state index in [1.165, 1.54) is 11.3 Å². The standard InChI is InChI=1S/C17H13Cl2N3O2S/c18-12-3-4-13(19)15(6-12)24-9-16-22-14(10-25-16)17(23)21-8-11-2-1-5-20-7-11/h1-7,10H,8-9H2,(H,21,23). The Morgan fingerprint density at radius 1 is 1.28 bits per heavy atom. The number of halogens is 2. The molecule has 128 valence electrons. The summed E-state index contributed by atoms with van der Waals surface area (Å²) in [4.78, 5) is 20.4. The van der Waals surface area contributed by atoms with E-state index in [1.54, 1.807) is 36.0 Å². The predicted molar refractivity (Wildman–Crippen MR) is 98.3 cm³/mol. The van der Waals surface area contributed by atoms with E-state index in [2.05, 4.69) is 15.3 Å². The number of rotatable bonds is 6. The lowest BCUT2D eigenvalue weighted by molar-refractivity contribution is 0.0946. The number of aromatic nitrogens is 2. The number of benzene rings is 1. The van der Waals surface area contributed by atoms with Crippen molar-refractivity contribution in [1.82, 2.24) is 15.3 Å². The zero-order valence-electron chi connectivity index (χ0n) is 12.9. The molecule has 0 aliphatic heterocycles. The molecular weight excluding hydrogens is 381 g/mol. The first-order chi connectivity index (χ1) is 12.1. The molecule has 25 heavy (non-hydrogen) atoms. The van der Waals surface area contributed by atoms with E-state index < -0.39 is 0 Å². The lowest BCUT2D eigenvalue weighted by Crippen LogP contribution is -2.23. The number of thiazole rings is 1. The Morgan fingerprint density at radius 2 is 2.16 bits per heavy atom. The van der Waals surface area contributed by atoms with Crippen LogP contribution in [0.2, 0.25) is 10.0 Å². The van der Waals surface area contributed by atoms with E-state index in [4.69, 9.17) is 27.9 Å². The molecule has 0 bridgehead atoms. The molecule has 3 rings (SSSR count). The fourth-order valence-corrected chi connectivity index (χ4v) is 3.00. The number of pyridine rings is 1. The van der Waals surface area contributed by atoms with Crippen LogP contribution in [0.25, 0.3) is 0 Å². The fraction of sp³-hybridized carbons (Fsp3) is 0.118. The van der Waals surface area contributed by atoms with Gasteiger partial charge in [-0.3, -0.25) is 9.78 Å². The van der Waals surface area contributed by atoms with Crippen molar-refractivity contribution in [2.24, 2.45) is 0 Å². The number of carbonyl (C=O) groups excluding carboxylic acids is 1. The highest BCUT2D eigenvalue weighted by Gasteiger charge is 2.11. The van der Waals surface area contributed by atoms with Crippen LogP contribution in [0.3, 0.4) is 0 Å². The summed E-state index contributed by atoms with van der Waals surface area (Å²) in [7, 11) is 0. The van der Waals surface area contributed by atoms with Gasteiger partial charge in [-0.2, -0.15) is 0 Å². The Labute approximate surface area is 158 Å². The van der Waals surface area contributed by atoms with Gasteiger partial charge >= 0.3 is 0 Å². The van der Waals surface area contributed by atoms with Crippen LogP contribution in [-0.2, 0) is 13.2 Å². The van der Waals surface area contributed by atoms with E-state index in [-0.39, 0.29) is 12.5 Å².